The van der Waals surface area contributed by atoms with Crippen molar-refractivity contribution in [2.24, 2.45) is 0 Å². The van der Waals surface area contributed by atoms with Crippen molar-refractivity contribution in [2.75, 3.05) is 13.1 Å². The first-order valence-corrected chi connectivity index (χ1v) is 8.02. The van der Waals surface area contributed by atoms with E-state index < -0.39 is 0 Å². The van der Waals surface area contributed by atoms with Crippen molar-refractivity contribution < 1.29 is 4.74 Å². The van der Waals surface area contributed by atoms with Crippen LogP contribution >= 0.6 is 0 Å². The average Bonchev–Trinajstić information content (AvgIpc) is 2.62. The van der Waals surface area contributed by atoms with Crippen LogP contribution in [0.4, 0.5) is 0 Å². The minimum atomic E-state index is -0.0867. The Morgan fingerprint density at radius 1 is 1.26 bits per heavy atom. The Bertz CT molecular complexity index is 590. The second kappa shape index (κ2) is 7.35. The van der Waals surface area contributed by atoms with Crippen LogP contribution in [0, 0.1) is 0 Å². The van der Waals surface area contributed by atoms with Gasteiger partial charge in [-0.15, -0.1) is 0 Å². The lowest BCUT2D eigenvalue weighted by molar-refractivity contribution is 0.173. The molecule has 0 aliphatic carbocycles. The van der Waals surface area contributed by atoms with Crippen LogP contribution in [0.15, 0.2) is 66.7 Å². The largest absolute Gasteiger partial charge is 0.487 e. The Hall–Kier alpha value is -2.24. The molecule has 2 heterocycles. The molecule has 2 aliphatic rings. The quantitative estimate of drug-likeness (QED) is 0.778. The Morgan fingerprint density at radius 2 is 2.09 bits per heavy atom. The van der Waals surface area contributed by atoms with Crippen LogP contribution in [0.2, 0.25) is 0 Å². The van der Waals surface area contributed by atoms with E-state index in [0.717, 1.165) is 35.7 Å². The van der Waals surface area contributed by atoms with E-state index in [-0.39, 0.29) is 6.04 Å². The summed E-state index contributed by atoms with van der Waals surface area (Å²) in [5.74, 6) is 0.760. The molecule has 0 amide bonds. The normalized spacial score (nSPS) is 21.4. The number of rotatable bonds is 5. The molecule has 1 aromatic rings. The summed E-state index contributed by atoms with van der Waals surface area (Å²) in [5, 5.41) is 2.11. The van der Waals surface area contributed by atoms with E-state index in [1.54, 1.807) is 6.20 Å². The van der Waals surface area contributed by atoms with E-state index in [9.17, 15) is 0 Å². The standard InChI is InChI=1S/C18H24N4O/c1-14-17(23-13-16-8-4-3-5-9-16)12-19-21-18(14)15(2)22-11-7-6-10-20-22/h3-5,8-9,12,18-21H,1-2,6-7,10-11,13H2. The van der Waals surface area contributed by atoms with Gasteiger partial charge in [-0.2, -0.15) is 0 Å². The Balaban J connectivity index is 1.61. The molecular weight excluding hydrogens is 288 g/mol. The molecule has 0 bridgehead atoms. The molecule has 1 fully saturated rings. The zero-order valence-electron chi connectivity index (χ0n) is 13.3. The topological polar surface area (TPSA) is 48.6 Å². The van der Waals surface area contributed by atoms with Gasteiger partial charge >= 0.3 is 0 Å². The van der Waals surface area contributed by atoms with Crippen molar-refractivity contribution in [1.29, 1.82) is 0 Å². The van der Waals surface area contributed by atoms with E-state index >= 15 is 0 Å². The zero-order chi connectivity index (χ0) is 16.1. The van der Waals surface area contributed by atoms with Gasteiger partial charge in [0.1, 0.15) is 12.4 Å². The SMILES string of the molecule is C=C1C(OCc2ccccc2)=CNNC1C(=C)N1CCCCN1. The fourth-order valence-electron chi connectivity index (χ4n) is 2.76. The first-order chi connectivity index (χ1) is 11.3. The second-order valence-electron chi connectivity index (χ2n) is 5.79. The van der Waals surface area contributed by atoms with Gasteiger partial charge in [0.2, 0.25) is 0 Å². The maximum absolute atomic E-state index is 5.93. The predicted molar refractivity (Wildman–Crippen MR) is 91.6 cm³/mol. The van der Waals surface area contributed by atoms with E-state index in [2.05, 4.69) is 34.4 Å². The molecule has 0 radical (unpaired) electrons. The summed E-state index contributed by atoms with van der Waals surface area (Å²) >= 11 is 0. The average molecular weight is 312 g/mol. The molecule has 5 nitrogen and oxygen atoms in total. The lowest BCUT2D eigenvalue weighted by Gasteiger charge is -2.37. The number of nitrogens with one attached hydrogen (secondary N) is 3. The lowest BCUT2D eigenvalue weighted by Crippen LogP contribution is -2.52. The molecule has 1 aromatic carbocycles. The van der Waals surface area contributed by atoms with Gasteiger partial charge in [0, 0.05) is 24.4 Å². The van der Waals surface area contributed by atoms with Gasteiger partial charge < -0.3 is 15.2 Å². The highest BCUT2D eigenvalue weighted by Gasteiger charge is 2.27. The van der Waals surface area contributed by atoms with Gasteiger partial charge in [-0.05, 0) is 18.4 Å². The molecule has 2 aliphatic heterocycles. The van der Waals surface area contributed by atoms with Crippen molar-refractivity contribution >= 4 is 0 Å². The molecular formula is C18H24N4O. The van der Waals surface area contributed by atoms with Gasteiger partial charge in [-0.3, -0.25) is 0 Å². The maximum atomic E-state index is 5.93. The van der Waals surface area contributed by atoms with E-state index in [1.807, 2.05) is 30.3 Å². The van der Waals surface area contributed by atoms with Gasteiger partial charge in [0.15, 0.2) is 0 Å². The first kappa shape index (κ1) is 15.6. The Kier molecular flexibility index (Phi) is 5.00. The number of benzene rings is 1. The highest BCUT2D eigenvalue weighted by molar-refractivity contribution is 5.36. The van der Waals surface area contributed by atoms with E-state index in [0.29, 0.717) is 6.61 Å². The van der Waals surface area contributed by atoms with Crippen molar-refractivity contribution in [3.63, 3.8) is 0 Å². The summed E-state index contributed by atoms with van der Waals surface area (Å²) < 4.78 is 5.93. The molecule has 1 saturated heterocycles. The summed E-state index contributed by atoms with van der Waals surface area (Å²) in [7, 11) is 0. The van der Waals surface area contributed by atoms with Gasteiger partial charge in [0.05, 0.1) is 12.2 Å². The Morgan fingerprint density at radius 3 is 2.83 bits per heavy atom. The third kappa shape index (κ3) is 3.75. The lowest BCUT2D eigenvalue weighted by atomic mass is 10.0. The first-order valence-electron chi connectivity index (χ1n) is 8.02. The third-order valence-electron chi connectivity index (χ3n) is 4.12. The summed E-state index contributed by atoms with van der Waals surface area (Å²) in [5.41, 5.74) is 12.6. The number of hydrazine groups is 2. The second-order valence-corrected chi connectivity index (χ2v) is 5.79. The highest BCUT2D eigenvalue weighted by Crippen LogP contribution is 2.23. The zero-order valence-corrected chi connectivity index (χ0v) is 13.3. The molecule has 0 aromatic heterocycles. The summed E-state index contributed by atoms with van der Waals surface area (Å²) in [4.78, 5) is 0. The van der Waals surface area contributed by atoms with E-state index in [1.165, 1.54) is 12.8 Å². The Labute approximate surface area is 137 Å². The summed E-state index contributed by atoms with van der Waals surface area (Å²) in [6, 6.07) is 10.0. The molecule has 5 heteroatoms. The van der Waals surface area contributed by atoms with Gasteiger partial charge in [-0.1, -0.05) is 43.5 Å². The maximum Gasteiger partial charge on any atom is 0.141 e. The van der Waals surface area contributed by atoms with Crippen LogP contribution in [0.5, 0.6) is 0 Å². The molecule has 1 unspecified atom stereocenters. The van der Waals surface area contributed by atoms with Crippen LogP contribution in [0.1, 0.15) is 18.4 Å². The van der Waals surface area contributed by atoms with E-state index in [4.69, 9.17) is 4.74 Å². The summed E-state index contributed by atoms with van der Waals surface area (Å²) in [6.45, 7) is 10.9. The molecule has 23 heavy (non-hydrogen) atoms. The number of ether oxygens (including phenoxy) is 1. The molecule has 0 spiro atoms. The highest BCUT2D eigenvalue weighted by atomic mass is 16.5. The minimum absolute atomic E-state index is 0.0867. The van der Waals surface area contributed by atoms with Crippen LogP contribution < -0.4 is 16.3 Å². The molecule has 3 rings (SSSR count). The number of nitrogens with zero attached hydrogens (tertiary/aromatic N) is 1. The van der Waals surface area contributed by atoms with Crippen molar-refractivity contribution in [3.05, 3.63) is 72.3 Å². The van der Waals surface area contributed by atoms with Crippen molar-refractivity contribution in [3.8, 4) is 0 Å². The van der Waals surface area contributed by atoms with Crippen LogP contribution in [-0.4, -0.2) is 24.1 Å². The van der Waals surface area contributed by atoms with Gasteiger partial charge in [0.25, 0.3) is 0 Å². The monoisotopic (exact) mass is 312 g/mol. The smallest absolute Gasteiger partial charge is 0.141 e. The predicted octanol–water partition coefficient (Wildman–Crippen LogP) is 2.19. The molecule has 0 saturated carbocycles. The minimum Gasteiger partial charge on any atom is -0.487 e. The third-order valence-corrected chi connectivity index (χ3v) is 4.12. The fraction of sp³-hybridized carbons (Fsp3) is 0.333. The van der Waals surface area contributed by atoms with Gasteiger partial charge in [-0.25, -0.2) is 10.9 Å². The molecule has 122 valence electrons. The van der Waals surface area contributed by atoms with Crippen molar-refractivity contribution in [1.82, 2.24) is 21.3 Å². The van der Waals surface area contributed by atoms with Crippen LogP contribution in [0.25, 0.3) is 0 Å². The molecule has 1 atom stereocenters. The summed E-state index contributed by atoms with van der Waals surface area (Å²) in [6.07, 6.45) is 4.18. The fourth-order valence-corrected chi connectivity index (χ4v) is 2.76. The number of hydrogen-bond acceptors (Lipinski definition) is 5. The van der Waals surface area contributed by atoms with Crippen LogP contribution in [0.3, 0.4) is 0 Å². The van der Waals surface area contributed by atoms with Crippen molar-refractivity contribution in [2.45, 2.75) is 25.5 Å². The molecule has 3 N–H and O–H groups in total. The van der Waals surface area contributed by atoms with Crippen LogP contribution in [-0.2, 0) is 11.3 Å². The number of hydrogen-bond donors (Lipinski definition) is 3.